The van der Waals surface area contributed by atoms with Crippen molar-refractivity contribution in [3.8, 4) is 0 Å². The monoisotopic (exact) mass is 370 g/mol. The number of hydrogen-bond donors (Lipinski definition) is 3. The van der Waals surface area contributed by atoms with Crippen LogP contribution in [0.15, 0.2) is 30.3 Å². The van der Waals surface area contributed by atoms with E-state index in [2.05, 4.69) is 36.9 Å². The molecular weight excluding hydrogens is 332 g/mol. The van der Waals surface area contributed by atoms with Crippen molar-refractivity contribution >= 4 is 11.8 Å². The van der Waals surface area contributed by atoms with Crippen LogP contribution in [0.4, 0.5) is 0 Å². The Morgan fingerprint density at radius 2 is 1.76 bits per heavy atom. The lowest BCUT2D eigenvalue weighted by Gasteiger charge is -2.35. The molecule has 0 aliphatic carbocycles. The van der Waals surface area contributed by atoms with Crippen LogP contribution in [0.25, 0.3) is 0 Å². The number of aliphatic hydroxyl groups is 1. The maximum absolute atomic E-state index is 9.99. The molecule has 1 heterocycles. The molecule has 1 aliphatic heterocycles. The Hall–Kier alpha value is -0.590. The molecule has 2 rings (SSSR count). The van der Waals surface area contributed by atoms with Crippen LogP contribution in [0.1, 0.15) is 46.6 Å². The Bertz CT molecular complexity index is 437. The van der Waals surface area contributed by atoms with Crippen LogP contribution in [0.2, 0.25) is 0 Å². The molecule has 0 spiro atoms. The smallest absolute Gasteiger partial charge is 0.160 e. The molecule has 1 fully saturated rings. The lowest BCUT2D eigenvalue weighted by Crippen LogP contribution is -2.50. The van der Waals surface area contributed by atoms with E-state index in [1.165, 1.54) is 12.6 Å². The highest BCUT2D eigenvalue weighted by Gasteiger charge is 2.37. The summed E-state index contributed by atoms with van der Waals surface area (Å²) in [7, 11) is 1.50. The van der Waals surface area contributed by atoms with Gasteiger partial charge in [0.25, 0.3) is 0 Å². The molecule has 1 aromatic carbocycles. The summed E-state index contributed by atoms with van der Waals surface area (Å²) in [6.45, 7) is 9.52. The first-order valence-electron chi connectivity index (χ1n) is 9.26. The second-order valence-corrected chi connectivity index (χ2v) is 7.82. The minimum absolute atomic E-state index is 0.0702. The predicted molar refractivity (Wildman–Crippen MR) is 111 cm³/mol. The minimum atomic E-state index is -1.14. The molecule has 5 N–H and O–H groups in total. The molecule has 5 heteroatoms. The average Bonchev–Trinajstić information content (AvgIpc) is 2.72. The summed E-state index contributed by atoms with van der Waals surface area (Å²) in [4.78, 5) is 0. The van der Waals surface area contributed by atoms with Crippen molar-refractivity contribution in [1.29, 1.82) is 0 Å². The number of hydrogen-bond acceptors (Lipinski definition) is 5. The summed E-state index contributed by atoms with van der Waals surface area (Å²) in [5.41, 5.74) is 12.3. The summed E-state index contributed by atoms with van der Waals surface area (Å²) in [6, 6.07) is 10.4. The van der Waals surface area contributed by atoms with E-state index in [1.54, 1.807) is 13.8 Å². The fourth-order valence-corrected chi connectivity index (χ4v) is 4.34. The van der Waals surface area contributed by atoms with E-state index in [0.29, 0.717) is 11.2 Å². The molecule has 0 amide bonds. The van der Waals surface area contributed by atoms with Gasteiger partial charge >= 0.3 is 0 Å². The molecule has 1 saturated heterocycles. The van der Waals surface area contributed by atoms with Crippen molar-refractivity contribution in [1.82, 2.24) is 0 Å². The van der Waals surface area contributed by atoms with Crippen molar-refractivity contribution in [3.05, 3.63) is 35.9 Å². The van der Waals surface area contributed by atoms with E-state index >= 15 is 0 Å². The SMILES string of the molecule is CC.CC1CCSC(Cc2ccccc2)C(N)C1OC(C)(C)O.CN. The topological polar surface area (TPSA) is 81.5 Å². The van der Waals surface area contributed by atoms with Crippen LogP contribution in [-0.2, 0) is 11.2 Å². The van der Waals surface area contributed by atoms with Crippen molar-refractivity contribution in [2.45, 2.75) is 70.6 Å². The number of rotatable bonds is 4. The summed E-state index contributed by atoms with van der Waals surface area (Å²) >= 11 is 1.93. The maximum atomic E-state index is 9.99. The zero-order valence-corrected chi connectivity index (χ0v) is 17.6. The molecule has 4 atom stereocenters. The van der Waals surface area contributed by atoms with Gasteiger partial charge in [-0.05, 0) is 51.0 Å². The van der Waals surface area contributed by atoms with Crippen LogP contribution < -0.4 is 11.5 Å². The fraction of sp³-hybridized carbons (Fsp3) is 0.700. The van der Waals surface area contributed by atoms with Crippen molar-refractivity contribution < 1.29 is 9.84 Å². The predicted octanol–water partition coefficient (Wildman–Crippen LogP) is 3.41. The third-order valence-electron chi connectivity index (χ3n) is 3.98. The van der Waals surface area contributed by atoms with Crippen molar-refractivity contribution in [2.75, 3.05) is 12.8 Å². The molecule has 0 aromatic heterocycles. The lowest BCUT2D eigenvalue weighted by atomic mass is 9.91. The molecule has 146 valence electrons. The minimum Gasteiger partial charge on any atom is -0.366 e. The average molecular weight is 371 g/mol. The van der Waals surface area contributed by atoms with Gasteiger partial charge in [-0.15, -0.1) is 0 Å². The zero-order valence-electron chi connectivity index (χ0n) is 16.7. The Balaban J connectivity index is 0.00000134. The van der Waals surface area contributed by atoms with E-state index in [1.807, 2.05) is 31.7 Å². The Morgan fingerprint density at radius 3 is 2.28 bits per heavy atom. The summed E-state index contributed by atoms with van der Waals surface area (Å²) in [5.74, 6) is 0.320. The van der Waals surface area contributed by atoms with Gasteiger partial charge in [0.05, 0.1) is 6.10 Å². The van der Waals surface area contributed by atoms with Crippen LogP contribution in [0.5, 0.6) is 0 Å². The highest BCUT2D eigenvalue weighted by molar-refractivity contribution is 7.99. The molecule has 0 saturated carbocycles. The fourth-order valence-electron chi connectivity index (χ4n) is 2.84. The first-order chi connectivity index (χ1) is 11.9. The number of nitrogens with two attached hydrogens (primary N) is 2. The van der Waals surface area contributed by atoms with E-state index in [4.69, 9.17) is 10.5 Å². The molecule has 4 nitrogen and oxygen atoms in total. The van der Waals surface area contributed by atoms with E-state index < -0.39 is 5.79 Å². The van der Waals surface area contributed by atoms with E-state index in [9.17, 15) is 5.11 Å². The quantitative estimate of drug-likeness (QED) is 0.708. The summed E-state index contributed by atoms with van der Waals surface area (Å²) in [6.07, 6.45) is 1.92. The Labute approximate surface area is 158 Å². The maximum Gasteiger partial charge on any atom is 0.160 e. The zero-order chi connectivity index (χ0) is 19.5. The van der Waals surface area contributed by atoms with Gasteiger partial charge < -0.3 is 21.3 Å². The first kappa shape index (κ1) is 24.4. The highest BCUT2D eigenvalue weighted by Crippen LogP contribution is 2.33. The molecule has 1 aliphatic rings. The van der Waals surface area contributed by atoms with Gasteiger partial charge in [-0.25, -0.2) is 0 Å². The number of ether oxygens (including phenoxy) is 1. The van der Waals surface area contributed by atoms with Gasteiger partial charge in [-0.3, -0.25) is 0 Å². The second-order valence-electron chi connectivity index (χ2n) is 6.47. The van der Waals surface area contributed by atoms with Crippen molar-refractivity contribution in [3.63, 3.8) is 0 Å². The van der Waals surface area contributed by atoms with Crippen LogP contribution in [0.3, 0.4) is 0 Å². The van der Waals surface area contributed by atoms with E-state index in [0.717, 1.165) is 18.6 Å². The molecule has 25 heavy (non-hydrogen) atoms. The first-order valence-corrected chi connectivity index (χ1v) is 10.3. The molecule has 1 aromatic rings. The lowest BCUT2D eigenvalue weighted by molar-refractivity contribution is -0.219. The van der Waals surface area contributed by atoms with Crippen LogP contribution in [-0.4, -0.2) is 41.1 Å². The van der Waals surface area contributed by atoms with Crippen LogP contribution >= 0.6 is 11.8 Å². The Morgan fingerprint density at radius 1 is 1.20 bits per heavy atom. The molecular formula is C20H38N2O2S. The van der Waals surface area contributed by atoms with Gasteiger partial charge in [0.15, 0.2) is 5.79 Å². The Kier molecular flexibility index (Phi) is 12.4. The number of benzene rings is 1. The summed E-state index contributed by atoms with van der Waals surface area (Å²) in [5, 5.41) is 10.3. The highest BCUT2D eigenvalue weighted by atomic mass is 32.2. The largest absolute Gasteiger partial charge is 0.366 e. The molecule has 0 radical (unpaired) electrons. The van der Waals surface area contributed by atoms with Gasteiger partial charge in [-0.1, -0.05) is 51.1 Å². The number of thioether (sulfide) groups is 1. The summed E-state index contributed by atoms with van der Waals surface area (Å²) < 4.78 is 5.87. The molecule has 4 unspecified atom stereocenters. The molecule has 0 bridgehead atoms. The standard InChI is InChI=1S/C17H27NO2S.C2H6.CH5N/c1-12-9-10-21-14(11-13-7-5-4-6-8-13)15(18)16(12)20-17(2,3)19;2*1-2/h4-8,12,14-16,19H,9-11,18H2,1-3H3;1-2H3;2H2,1H3. The van der Waals surface area contributed by atoms with E-state index in [-0.39, 0.29) is 12.1 Å². The third kappa shape index (κ3) is 9.06. The van der Waals surface area contributed by atoms with Gasteiger partial charge in [0, 0.05) is 11.3 Å². The van der Waals surface area contributed by atoms with Crippen LogP contribution in [0, 0.1) is 5.92 Å². The van der Waals surface area contributed by atoms with Gasteiger partial charge in [0.1, 0.15) is 0 Å². The third-order valence-corrected chi connectivity index (χ3v) is 5.36. The van der Waals surface area contributed by atoms with Gasteiger partial charge in [-0.2, -0.15) is 11.8 Å². The van der Waals surface area contributed by atoms with Crippen molar-refractivity contribution in [2.24, 2.45) is 17.4 Å². The second kappa shape index (κ2) is 12.7. The van der Waals surface area contributed by atoms with Gasteiger partial charge in [0.2, 0.25) is 0 Å². The normalized spacial score (nSPS) is 26.4.